The Bertz CT molecular complexity index is 321. The van der Waals surface area contributed by atoms with Crippen LogP contribution in [0, 0.1) is 0 Å². The average Bonchev–Trinajstić information content (AvgIpc) is 2.48. The van der Waals surface area contributed by atoms with E-state index in [0.29, 0.717) is 5.92 Å². The van der Waals surface area contributed by atoms with Crippen LogP contribution in [-0.2, 0) is 12.0 Å². The number of nitrogens with zero attached hydrogens (tertiary/aromatic N) is 1. The summed E-state index contributed by atoms with van der Waals surface area (Å²) in [7, 11) is 0. The maximum atomic E-state index is 6.17. The van der Waals surface area contributed by atoms with E-state index < -0.39 is 0 Å². The highest BCUT2D eigenvalue weighted by molar-refractivity contribution is 7.12. The van der Waals surface area contributed by atoms with Crippen LogP contribution in [0.4, 0.5) is 0 Å². The smallest absolute Gasteiger partial charge is 0.0957 e. The molecule has 2 N–H and O–H groups in total. The number of hydrogen-bond donors (Lipinski definition) is 1. The highest BCUT2D eigenvalue weighted by Gasteiger charge is 2.23. The van der Waals surface area contributed by atoms with Gasteiger partial charge in [-0.05, 0) is 20.3 Å². The molecule has 86 valence electrons. The predicted octanol–water partition coefficient (Wildman–Crippen LogP) is 3.41. The van der Waals surface area contributed by atoms with Crippen LogP contribution in [0.5, 0.6) is 0 Å². The third-order valence-corrected chi connectivity index (χ3v) is 4.02. The summed E-state index contributed by atoms with van der Waals surface area (Å²) in [6, 6.07) is 0. The molecule has 0 atom stereocenters. The van der Waals surface area contributed by atoms with Crippen molar-refractivity contribution in [2.45, 2.75) is 58.9 Å². The first-order valence-corrected chi connectivity index (χ1v) is 6.46. The first-order valence-electron chi connectivity index (χ1n) is 5.65. The first-order chi connectivity index (χ1) is 6.86. The zero-order valence-corrected chi connectivity index (χ0v) is 11.2. The van der Waals surface area contributed by atoms with Crippen molar-refractivity contribution in [3.8, 4) is 0 Å². The maximum absolute atomic E-state index is 6.17. The summed E-state index contributed by atoms with van der Waals surface area (Å²) in [5.74, 6) is 0.502. The largest absolute Gasteiger partial charge is 0.321 e. The van der Waals surface area contributed by atoms with E-state index in [0.717, 1.165) is 12.8 Å². The van der Waals surface area contributed by atoms with Gasteiger partial charge in [-0.2, -0.15) is 0 Å². The number of aryl methyl sites for hydroxylation is 1. The van der Waals surface area contributed by atoms with Crippen LogP contribution in [0.15, 0.2) is 0 Å². The van der Waals surface area contributed by atoms with Gasteiger partial charge >= 0.3 is 0 Å². The molecule has 0 fully saturated rings. The number of thiazole rings is 1. The average molecular weight is 226 g/mol. The molecule has 1 aromatic heterocycles. The van der Waals surface area contributed by atoms with Gasteiger partial charge < -0.3 is 5.73 Å². The van der Waals surface area contributed by atoms with Crippen LogP contribution < -0.4 is 5.73 Å². The first kappa shape index (κ1) is 12.7. The van der Waals surface area contributed by atoms with E-state index in [9.17, 15) is 0 Å². The molecule has 1 heterocycles. The van der Waals surface area contributed by atoms with E-state index in [1.54, 1.807) is 11.3 Å². The summed E-state index contributed by atoms with van der Waals surface area (Å²) in [6.45, 7) is 10.7. The Hall–Kier alpha value is -0.410. The van der Waals surface area contributed by atoms with Gasteiger partial charge in [0.15, 0.2) is 0 Å². The monoisotopic (exact) mass is 226 g/mol. The topological polar surface area (TPSA) is 38.9 Å². The third-order valence-electron chi connectivity index (χ3n) is 2.28. The summed E-state index contributed by atoms with van der Waals surface area (Å²) in [5, 5.41) is 1.21. The van der Waals surface area contributed by atoms with E-state index in [4.69, 9.17) is 10.7 Å². The van der Waals surface area contributed by atoms with Crippen molar-refractivity contribution in [3.63, 3.8) is 0 Å². The molecular formula is C12H22N2S. The number of nitrogens with two attached hydrogens (primary N) is 1. The summed E-state index contributed by atoms with van der Waals surface area (Å²) in [6.07, 6.45) is 2.17. The molecule has 15 heavy (non-hydrogen) atoms. The van der Waals surface area contributed by atoms with Gasteiger partial charge in [-0.25, -0.2) is 4.98 Å². The second-order valence-electron chi connectivity index (χ2n) is 4.95. The van der Waals surface area contributed by atoms with Crippen molar-refractivity contribution in [1.82, 2.24) is 4.98 Å². The quantitative estimate of drug-likeness (QED) is 0.854. The van der Waals surface area contributed by atoms with Crippen LogP contribution in [0.25, 0.3) is 0 Å². The van der Waals surface area contributed by atoms with Crippen molar-refractivity contribution in [2.75, 3.05) is 0 Å². The second-order valence-corrected chi connectivity index (χ2v) is 5.98. The molecule has 1 aromatic rings. The van der Waals surface area contributed by atoms with Crippen molar-refractivity contribution in [3.05, 3.63) is 15.6 Å². The highest BCUT2D eigenvalue weighted by atomic mass is 32.1. The summed E-state index contributed by atoms with van der Waals surface area (Å²) < 4.78 is 0. The number of hydrogen-bond acceptors (Lipinski definition) is 3. The van der Waals surface area contributed by atoms with Crippen LogP contribution in [0.2, 0.25) is 0 Å². The molecule has 0 amide bonds. The number of aromatic nitrogens is 1. The normalized spacial score (nSPS) is 12.5. The highest BCUT2D eigenvalue weighted by Crippen LogP contribution is 2.32. The van der Waals surface area contributed by atoms with Gasteiger partial charge in [0.2, 0.25) is 0 Å². The number of rotatable bonds is 4. The predicted molar refractivity (Wildman–Crippen MR) is 67.4 cm³/mol. The van der Waals surface area contributed by atoms with Crippen molar-refractivity contribution in [2.24, 2.45) is 5.73 Å². The molecule has 0 spiro atoms. The fourth-order valence-electron chi connectivity index (χ4n) is 1.53. The molecule has 0 aliphatic heterocycles. The van der Waals surface area contributed by atoms with Gasteiger partial charge in [0.05, 0.1) is 10.7 Å². The zero-order chi connectivity index (χ0) is 11.6. The molecule has 2 nitrogen and oxygen atoms in total. The molecular weight excluding hydrogens is 204 g/mol. The lowest BCUT2D eigenvalue weighted by Crippen LogP contribution is -2.28. The minimum absolute atomic E-state index is 0.255. The molecule has 0 aromatic carbocycles. The fourth-order valence-corrected chi connectivity index (χ4v) is 2.66. The van der Waals surface area contributed by atoms with Gasteiger partial charge in [0.25, 0.3) is 0 Å². The molecule has 1 rings (SSSR count). The molecule has 0 bridgehead atoms. The zero-order valence-electron chi connectivity index (χ0n) is 10.4. The molecule has 0 radical (unpaired) electrons. The van der Waals surface area contributed by atoms with Crippen molar-refractivity contribution in [1.29, 1.82) is 0 Å². The van der Waals surface area contributed by atoms with E-state index >= 15 is 0 Å². The molecule has 0 aliphatic rings. The molecule has 0 aliphatic carbocycles. The van der Waals surface area contributed by atoms with Crippen LogP contribution in [0.3, 0.4) is 0 Å². The van der Waals surface area contributed by atoms with E-state index in [-0.39, 0.29) is 5.54 Å². The third kappa shape index (κ3) is 3.02. The Morgan fingerprint density at radius 3 is 2.40 bits per heavy atom. The summed E-state index contributed by atoms with van der Waals surface area (Å²) in [5.41, 5.74) is 7.12. The lowest BCUT2D eigenvalue weighted by atomic mass is 10.0. The van der Waals surface area contributed by atoms with Crippen LogP contribution in [-0.4, -0.2) is 4.98 Å². The van der Waals surface area contributed by atoms with E-state index in [2.05, 4.69) is 34.6 Å². The Morgan fingerprint density at radius 1 is 1.40 bits per heavy atom. The van der Waals surface area contributed by atoms with Gasteiger partial charge in [-0.1, -0.05) is 27.2 Å². The van der Waals surface area contributed by atoms with Crippen molar-refractivity contribution >= 4 is 11.3 Å². The molecule has 0 saturated carbocycles. The van der Waals surface area contributed by atoms with Gasteiger partial charge in [-0.3, -0.25) is 0 Å². The van der Waals surface area contributed by atoms with E-state index in [1.807, 2.05) is 0 Å². The minimum atomic E-state index is -0.255. The Morgan fingerprint density at radius 2 is 2.00 bits per heavy atom. The maximum Gasteiger partial charge on any atom is 0.0957 e. The second kappa shape index (κ2) is 4.62. The molecule has 3 heteroatoms. The Balaban J connectivity index is 3.12. The SMILES string of the molecule is CCCc1nc(C(C)C)sc1C(C)(C)N. The summed E-state index contributed by atoms with van der Waals surface area (Å²) in [4.78, 5) is 5.96. The van der Waals surface area contributed by atoms with E-state index in [1.165, 1.54) is 15.6 Å². The summed E-state index contributed by atoms with van der Waals surface area (Å²) >= 11 is 1.78. The Kier molecular flexibility index (Phi) is 3.90. The standard InChI is InChI=1S/C12H22N2S/c1-6-7-9-10(12(4,5)13)15-11(14-9)8(2)3/h8H,6-7,13H2,1-5H3. The van der Waals surface area contributed by atoms with Crippen molar-refractivity contribution < 1.29 is 0 Å². The van der Waals surface area contributed by atoms with Crippen LogP contribution in [0.1, 0.15) is 62.5 Å². The Labute approximate surface area is 96.9 Å². The van der Waals surface area contributed by atoms with Gasteiger partial charge in [0, 0.05) is 16.3 Å². The lowest BCUT2D eigenvalue weighted by molar-refractivity contribution is 0.557. The molecule has 0 saturated heterocycles. The molecule has 0 unspecified atom stereocenters. The lowest BCUT2D eigenvalue weighted by Gasteiger charge is -2.17. The van der Waals surface area contributed by atoms with Crippen LogP contribution >= 0.6 is 11.3 Å². The van der Waals surface area contributed by atoms with Gasteiger partial charge in [0.1, 0.15) is 0 Å². The minimum Gasteiger partial charge on any atom is -0.321 e. The fraction of sp³-hybridized carbons (Fsp3) is 0.750. The van der Waals surface area contributed by atoms with Gasteiger partial charge in [-0.15, -0.1) is 11.3 Å².